The molecule has 4 rings (SSSR count). The molecule has 2 aromatic carbocycles. The van der Waals surface area contributed by atoms with E-state index in [4.69, 9.17) is 21.1 Å². The van der Waals surface area contributed by atoms with Gasteiger partial charge in [0.1, 0.15) is 23.9 Å². The Morgan fingerprint density at radius 1 is 1.07 bits per heavy atom. The Morgan fingerprint density at radius 2 is 1.85 bits per heavy atom. The van der Waals surface area contributed by atoms with Crippen LogP contribution in [-0.2, 0) is 11.5 Å². The average molecular weight is 399 g/mol. The normalized spacial score (nSPS) is 12.6. The number of imidazole rings is 1. The largest absolute Gasteiger partial charge is 0.456 e. The first-order valence-corrected chi connectivity index (χ1v) is 13.2. The number of hydrogen-bond donors (Lipinski definition) is 0. The number of ether oxygens (including phenoxy) is 2. The molecule has 4 nitrogen and oxygen atoms in total. The Bertz CT molecular complexity index is 979. The predicted octanol–water partition coefficient (Wildman–Crippen LogP) is 6.29. The fraction of sp³-hybridized carbons (Fsp3) is 0.286. The van der Waals surface area contributed by atoms with Crippen LogP contribution in [0.25, 0.3) is 22.5 Å². The molecule has 0 N–H and O–H groups in total. The van der Waals surface area contributed by atoms with E-state index in [2.05, 4.69) is 24.6 Å². The third-order valence-electron chi connectivity index (χ3n) is 4.62. The summed E-state index contributed by atoms with van der Waals surface area (Å²) in [6, 6.07) is 14.8. The number of aromatic nitrogens is 2. The second-order valence-electron chi connectivity index (χ2n) is 8.00. The molecule has 0 amide bonds. The van der Waals surface area contributed by atoms with Crippen molar-refractivity contribution in [3.63, 3.8) is 0 Å². The van der Waals surface area contributed by atoms with Crippen molar-refractivity contribution in [2.24, 2.45) is 0 Å². The fourth-order valence-electron chi connectivity index (χ4n) is 3.15. The summed E-state index contributed by atoms with van der Waals surface area (Å²) < 4.78 is 14.2. The number of halogens is 1. The molecule has 0 saturated heterocycles. The van der Waals surface area contributed by atoms with Crippen LogP contribution < -0.4 is 4.74 Å². The van der Waals surface area contributed by atoms with Crippen LogP contribution in [0, 0.1) is 0 Å². The zero-order valence-electron chi connectivity index (χ0n) is 15.8. The molecule has 2 heterocycles. The van der Waals surface area contributed by atoms with Crippen molar-refractivity contribution in [3.8, 4) is 34.0 Å². The van der Waals surface area contributed by atoms with Crippen LogP contribution in [0.1, 0.15) is 0 Å². The number of benzene rings is 2. The second kappa shape index (κ2) is 7.15. The van der Waals surface area contributed by atoms with Crippen molar-refractivity contribution in [2.45, 2.75) is 32.4 Å². The molecule has 0 spiro atoms. The molecule has 3 aromatic rings. The van der Waals surface area contributed by atoms with Crippen LogP contribution in [0.5, 0.6) is 11.5 Å². The maximum absolute atomic E-state index is 6.29. The minimum absolute atomic E-state index is 0.459. The van der Waals surface area contributed by atoms with Crippen LogP contribution in [0.2, 0.25) is 30.7 Å². The van der Waals surface area contributed by atoms with Gasteiger partial charge in [-0.2, -0.15) is 0 Å². The third kappa shape index (κ3) is 3.81. The van der Waals surface area contributed by atoms with Crippen molar-refractivity contribution in [2.75, 3.05) is 6.61 Å². The third-order valence-corrected chi connectivity index (χ3v) is 6.56. The maximum atomic E-state index is 6.29. The van der Waals surface area contributed by atoms with Gasteiger partial charge in [-0.05, 0) is 36.4 Å². The van der Waals surface area contributed by atoms with Crippen LogP contribution in [0.15, 0.2) is 48.8 Å². The number of hydrogen-bond acceptors (Lipinski definition) is 3. The quantitative estimate of drug-likeness (QED) is 0.293. The first-order chi connectivity index (χ1) is 12.9. The first kappa shape index (κ1) is 18.3. The molecule has 0 unspecified atom stereocenters. The molecule has 140 valence electrons. The summed E-state index contributed by atoms with van der Waals surface area (Å²) in [6.45, 7) is 8.28. The fourth-order valence-corrected chi connectivity index (χ4v) is 4.08. The van der Waals surface area contributed by atoms with Gasteiger partial charge in [0.15, 0.2) is 0 Å². The topological polar surface area (TPSA) is 36.3 Å². The summed E-state index contributed by atoms with van der Waals surface area (Å²) in [7, 11) is -1.12. The lowest BCUT2D eigenvalue weighted by atomic mass is 10.0. The smallest absolute Gasteiger partial charge is 0.136 e. The molecular weight excluding hydrogens is 376 g/mol. The Kier molecular flexibility index (Phi) is 4.84. The van der Waals surface area contributed by atoms with Gasteiger partial charge in [0.25, 0.3) is 0 Å². The van der Waals surface area contributed by atoms with E-state index in [1.807, 2.05) is 53.4 Å². The number of nitrogens with zero attached hydrogens (tertiary/aromatic N) is 2. The monoisotopic (exact) mass is 398 g/mol. The van der Waals surface area contributed by atoms with Crippen molar-refractivity contribution in [1.29, 1.82) is 0 Å². The Balaban J connectivity index is 1.74. The molecule has 0 bridgehead atoms. The molecular formula is C21H23ClN2O2Si. The van der Waals surface area contributed by atoms with Gasteiger partial charge in [-0.25, -0.2) is 4.98 Å². The standard InChI is InChI=1S/C21H23ClN2O2Si/c1-27(2,3)11-10-25-14-24-13-23-20-16-6-4-5-7-18(16)26-19-9-8-15(22)12-17(19)21(20)24/h4-9,12-13H,10-11,14H2,1-3H3. The van der Waals surface area contributed by atoms with Crippen molar-refractivity contribution in [1.82, 2.24) is 9.55 Å². The highest BCUT2D eigenvalue weighted by molar-refractivity contribution is 6.76. The summed E-state index contributed by atoms with van der Waals surface area (Å²) in [6.07, 6.45) is 1.84. The van der Waals surface area contributed by atoms with E-state index in [0.29, 0.717) is 11.8 Å². The summed E-state index contributed by atoms with van der Waals surface area (Å²) in [5.74, 6) is 1.57. The maximum Gasteiger partial charge on any atom is 0.136 e. The van der Waals surface area contributed by atoms with Gasteiger partial charge in [-0.3, -0.25) is 0 Å². The molecule has 1 aromatic heterocycles. The lowest BCUT2D eigenvalue weighted by molar-refractivity contribution is 0.0882. The summed E-state index contributed by atoms with van der Waals surface area (Å²) in [5, 5.41) is 0.668. The van der Waals surface area contributed by atoms with E-state index < -0.39 is 8.07 Å². The highest BCUT2D eigenvalue weighted by Gasteiger charge is 2.25. The highest BCUT2D eigenvalue weighted by Crippen LogP contribution is 2.46. The number of rotatable bonds is 5. The Labute approximate surface area is 165 Å². The number of para-hydroxylation sites is 1. The molecule has 0 aliphatic carbocycles. The van der Waals surface area contributed by atoms with Gasteiger partial charge in [0.2, 0.25) is 0 Å². The summed E-state index contributed by atoms with van der Waals surface area (Å²) in [4.78, 5) is 4.68. The Hall–Kier alpha value is -2.08. The molecule has 0 saturated carbocycles. The molecule has 1 aliphatic rings. The molecule has 1 aliphatic heterocycles. The molecule has 0 radical (unpaired) electrons. The lowest BCUT2D eigenvalue weighted by Crippen LogP contribution is -2.22. The van der Waals surface area contributed by atoms with Gasteiger partial charge >= 0.3 is 0 Å². The number of fused-ring (bicyclic) bond motifs is 5. The molecule has 6 heteroatoms. The van der Waals surface area contributed by atoms with E-state index in [9.17, 15) is 0 Å². The summed E-state index contributed by atoms with van der Waals surface area (Å²) in [5.41, 5.74) is 3.77. The van der Waals surface area contributed by atoms with E-state index in [1.54, 1.807) is 0 Å². The molecule has 0 fully saturated rings. The highest BCUT2D eigenvalue weighted by atomic mass is 35.5. The van der Waals surface area contributed by atoms with Crippen LogP contribution >= 0.6 is 11.6 Å². The van der Waals surface area contributed by atoms with Crippen LogP contribution in [-0.4, -0.2) is 24.2 Å². The van der Waals surface area contributed by atoms with Crippen LogP contribution in [0.3, 0.4) is 0 Å². The zero-order chi connectivity index (χ0) is 19.0. The lowest BCUT2D eigenvalue weighted by Gasteiger charge is -2.16. The van der Waals surface area contributed by atoms with E-state index in [-0.39, 0.29) is 0 Å². The van der Waals surface area contributed by atoms with E-state index in [1.165, 1.54) is 0 Å². The second-order valence-corrected chi connectivity index (χ2v) is 14.1. The van der Waals surface area contributed by atoms with Gasteiger partial charge in [0.05, 0.1) is 12.0 Å². The minimum atomic E-state index is -1.12. The van der Waals surface area contributed by atoms with Crippen molar-refractivity contribution in [3.05, 3.63) is 53.8 Å². The Morgan fingerprint density at radius 3 is 2.67 bits per heavy atom. The van der Waals surface area contributed by atoms with Gasteiger partial charge in [0, 0.05) is 30.8 Å². The van der Waals surface area contributed by atoms with E-state index >= 15 is 0 Å². The van der Waals surface area contributed by atoms with Crippen LogP contribution in [0.4, 0.5) is 0 Å². The predicted molar refractivity (Wildman–Crippen MR) is 112 cm³/mol. The van der Waals surface area contributed by atoms with E-state index in [0.717, 1.165) is 46.7 Å². The van der Waals surface area contributed by atoms with Crippen molar-refractivity contribution < 1.29 is 9.47 Å². The summed E-state index contributed by atoms with van der Waals surface area (Å²) >= 11 is 6.29. The van der Waals surface area contributed by atoms with Gasteiger partial charge in [-0.15, -0.1) is 0 Å². The SMILES string of the molecule is C[Si](C)(C)CCOCn1cnc2c1-c1cc(Cl)ccc1Oc1ccccc1-2. The van der Waals surface area contributed by atoms with Gasteiger partial charge < -0.3 is 14.0 Å². The first-order valence-electron chi connectivity index (χ1n) is 9.12. The zero-order valence-corrected chi connectivity index (χ0v) is 17.6. The molecule has 0 atom stereocenters. The minimum Gasteiger partial charge on any atom is -0.456 e. The average Bonchev–Trinajstić information content (AvgIpc) is 2.97. The molecule has 27 heavy (non-hydrogen) atoms. The van der Waals surface area contributed by atoms with Crippen molar-refractivity contribution >= 4 is 19.7 Å². The van der Waals surface area contributed by atoms with Gasteiger partial charge in [-0.1, -0.05) is 43.4 Å².